The van der Waals surface area contributed by atoms with Gasteiger partial charge in [-0.3, -0.25) is 14.5 Å². The molecule has 8 heteroatoms. The van der Waals surface area contributed by atoms with Gasteiger partial charge >= 0.3 is 5.97 Å². The van der Waals surface area contributed by atoms with Crippen LogP contribution in [0.4, 0.5) is 0 Å². The molecular formula is C24H22Br2N2O3S. The van der Waals surface area contributed by atoms with Crippen molar-refractivity contribution in [2.75, 3.05) is 19.6 Å². The van der Waals surface area contributed by atoms with E-state index in [1.165, 1.54) is 0 Å². The second-order valence-corrected chi connectivity index (χ2v) is 10.4. The summed E-state index contributed by atoms with van der Waals surface area (Å²) in [4.78, 5) is 31.8. The number of esters is 1. The molecule has 32 heavy (non-hydrogen) atoms. The third-order valence-electron chi connectivity index (χ3n) is 5.40. The number of thiazole rings is 1. The number of para-hydroxylation sites is 1. The zero-order valence-electron chi connectivity index (χ0n) is 17.3. The number of hydrogen-bond donors (Lipinski definition) is 0. The average Bonchev–Trinajstić information content (AvgIpc) is 3.24. The fourth-order valence-corrected chi connectivity index (χ4v) is 5.55. The van der Waals surface area contributed by atoms with E-state index >= 15 is 0 Å². The number of rotatable bonds is 7. The van der Waals surface area contributed by atoms with Gasteiger partial charge in [0, 0.05) is 25.8 Å². The second kappa shape index (κ2) is 10.8. The fraction of sp³-hybridized carbons (Fsp3) is 0.292. The Kier molecular flexibility index (Phi) is 7.88. The number of ketones is 1. The van der Waals surface area contributed by atoms with E-state index in [4.69, 9.17) is 9.72 Å². The van der Waals surface area contributed by atoms with Gasteiger partial charge in [0.15, 0.2) is 5.78 Å². The molecule has 0 radical (unpaired) electrons. The number of nitrogens with zero attached hydrogens (tertiary/aromatic N) is 2. The highest BCUT2D eigenvalue weighted by Gasteiger charge is 2.25. The molecule has 4 rings (SSSR count). The number of benzene rings is 2. The van der Waals surface area contributed by atoms with Gasteiger partial charge in [-0.15, -0.1) is 11.3 Å². The van der Waals surface area contributed by atoms with E-state index in [-0.39, 0.29) is 18.2 Å². The van der Waals surface area contributed by atoms with Crippen molar-refractivity contribution in [1.29, 1.82) is 0 Å². The van der Waals surface area contributed by atoms with Crippen molar-refractivity contribution in [3.05, 3.63) is 79.1 Å². The summed E-state index contributed by atoms with van der Waals surface area (Å²) < 4.78 is 7.08. The number of carbonyl (C=O) groups is 2. The van der Waals surface area contributed by atoms with Crippen LogP contribution in [-0.4, -0.2) is 41.3 Å². The molecule has 2 heterocycles. The first kappa shape index (κ1) is 23.3. The summed E-state index contributed by atoms with van der Waals surface area (Å²) in [6, 6.07) is 14.7. The van der Waals surface area contributed by atoms with Crippen molar-refractivity contribution in [2.45, 2.75) is 25.2 Å². The smallest absolute Gasteiger partial charge is 0.317 e. The number of piperidine rings is 1. The van der Waals surface area contributed by atoms with Gasteiger partial charge in [0.1, 0.15) is 5.75 Å². The van der Waals surface area contributed by atoms with Crippen LogP contribution in [0.3, 0.4) is 0 Å². The number of ether oxygens (including phenoxy) is 1. The molecule has 0 amide bonds. The van der Waals surface area contributed by atoms with Crippen LogP contribution in [0.15, 0.2) is 62.9 Å². The first-order valence-corrected chi connectivity index (χ1v) is 12.8. The lowest BCUT2D eigenvalue weighted by molar-refractivity contribution is -0.133. The van der Waals surface area contributed by atoms with E-state index in [0.717, 1.165) is 45.6 Å². The van der Waals surface area contributed by atoms with E-state index in [1.807, 2.05) is 41.8 Å². The van der Waals surface area contributed by atoms with E-state index in [2.05, 4.69) is 36.8 Å². The lowest BCUT2D eigenvalue weighted by Crippen LogP contribution is -2.36. The largest absolute Gasteiger partial charge is 0.426 e. The van der Waals surface area contributed by atoms with Gasteiger partial charge in [-0.05, 0) is 56.3 Å². The van der Waals surface area contributed by atoms with Crippen LogP contribution in [0.1, 0.15) is 39.8 Å². The summed E-state index contributed by atoms with van der Waals surface area (Å²) in [5, 5.41) is 3.01. The van der Waals surface area contributed by atoms with E-state index in [1.54, 1.807) is 23.5 Å². The van der Waals surface area contributed by atoms with Gasteiger partial charge in [-0.2, -0.15) is 0 Å². The molecule has 0 atom stereocenters. The van der Waals surface area contributed by atoms with E-state index in [0.29, 0.717) is 23.8 Å². The molecule has 1 aliphatic rings. The summed E-state index contributed by atoms with van der Waals surface area (Å²) in [5.74, 6) is 0.720. The molecule has 5 nitrogen and oxygen atoms in total. The van der Waals surface area contributed by atoms with Crippen LogP contribution in [0.5, 0.6) is 5.75 Å². The second-order valence-electron chi connectivity index (χ2n) is 7.74. The maximum absolute atomic E-state index is 12.7. The van der Waals surface area contributed by atoms with Crippen molar-refractivity contribution >= 4 is 54.9 Å². The van der Waals surface area contributed by atoms with Gasteiger partial charge in [0.05, 0.1) is 23.7 Å². The van der Waals surface area contributed by atoms with Gasteiger partial charge in [0.2, 0.25) is 0 Å². The molecule has 0 spiro atoms. The number of aromatic nitrogens is 1. The Morgan fingerprint density at radius 3 is 2.59 bits per heavy atom. The highest BCUT2D eigenvalue weighted by atomic mass is 79.9. The van der Waals surface area contributed by atoms with Crippen LogP contribution in [-0.2, 0) is 11.2 Å². The molecule has 166 valence electrons. The summed E-state index contributed by atoms with van der Waals surface area (Å²) in [6.45, 7) is 2.12. The number of hydrogen-bond acceptors (Lipinski definition) is 6. The minimum atomic E-state index is -0.305. The predicted molar refractivity (Wildman–Crippen MR) is 132 cm³/mol. The van der Waals surface area contributed by atoms with Crippen LogP contribution in [0.25, 0.3) is 0 Å². The highest BCUT2D eigenvalue weighted by Crippen LogP contribution is 2.31. The molecule has 1 saturated heterocycles. The van der Waals surface area contributed by atoms with Gasteiger partial charge < -0.3 is 4.74 Å². The minimum Gasteiger partial charge on any atom is -0.426 e. The Labute approximate surface area is 208 Å². The maximum Gasteiger partial charge on any atom is 0.317 e. The third kappa shape index (κ3) is 6.13. The van der Waals surface area contributed by atoms with Gasteiger partial charge in [-0.1, -0.05) is 50.1 Å². The van der Waals surface area contributed by atoms with Crippen molar-refractivity contribution in [2.24, 2.45) is 0 Å². The zero-order chi connectivity index (χ0) is 22.5. The monoisotopic (exact) mass is 576 g/mol. The Morgan fingerprint density at radius 2 is 1.84 bits per heavy atom. The SMILES string of the molecule is O=C(Cc1csc(C2CCN(CC(=O)c3cc(Br)ccc3Br)CC2)n1)Oc1ccccc1. The number of Topliss-reactive ketones (excluding diaryl/α,β-unsaturated/α-hetero) is 1. The Balaban J connectivity index is 1.27. The zero-order valence-corrected chi connectivity index (χ0v) is 21.3. The summed E-state index contributed by atoms with van der Waals surface area (Å²) in [5.41, 5.74) is 1.46. The molecule has 1 aromatic heterocycles. The van der Waals surface area contributed by atoms with Crippen molar-refractivity contribution < 1.29 is 14.3 Å². The van der Waals surface area contributed by atoms with Crippen molar-refractivity contribution in [3.63, 3.8) is 0 Å². The van der Waals surface area contributed by atoms with Crippen molar-refractivity contribution in [3.8, 4) is 5.75 Å². The number of carbonyl (C=O) groups excluding carboxylic acids is 2. The molecule has 1 fully saturated rings. The summed E-state index contributed by atoms with van der Waals surface area (Å²) in [7, 11) is 0. The van der Waals surface area contributed by atoms with Crippen LogP contribution < -0.4 is 4.74 Å². The number of halogens is 2. The van der Waals surface area contributed by atoms with E-state index in [9.17, 15) is 9.59 Å². The van der Waals surface area contributed by atoms with Gasteiger partial charge in [-0.25, -0.2) is 4.98 Å². The van der Waals surface area contributed by atoms with Crippen LogP contribution in [0, 0.1) is 0 Å². The molecule has 0 aliphatic carbocycles. The Bertz CT molecular complexity index is 1100. The first-order chi connectivity index (χ1) is 15.5. The predicted octanol–water partition coefficient (Wildman–Crippen LogP) is 5.88. The highest BCUT2D eigenvalue weighted by molar-refractivity contribution is 9.11. The molecular weight excluding hydrogens is 556 g/mol. The Morgan fingerprint density at radius 1 is 1.09 bits per heavy atom. The average molecular weight is 578 g/mol. The molecule has 0 unspecified atom stereocenters. The fourth-order valence-electron chi connectivity index (χ4n) is 3.73. The standard InChI is InChI=1S/C24H22Br2N2O3S/c25-17-6-7-21(26)20(12-17)22(29)14-28-10-8-16(9-11-28)24-27-18(15-32-24)13-23(30)31-19-4-2-1-3-5-19/h1-7,12,15-16H,8-11,13-14H2. The molecule has 0 bridgehead atoms. The molecule has 3 aromatic rings. The Hall–Kier alpha value is -1.87. The normalized spacial score (nSPS) is 14.9. The quantitative estimate of drug-likeness (QED) is 0.199. The molecule has 1 aliphatic heterocycles. The molecule has 0 saturated carbocycles. The first-order valence-electron chi connectivity index (χ1n) is 10.4. The summed E-state index contributed by atoms with van der Waals surface area (Å²) in [6.07, 6.45) is 2.07. The van der Waals surface area contributed by atoms with Crippen LogP contribution in [0.2, 0.25) is 0 Å². The molecule has 2 aromatic carbocycles. The van der Waals surface area contributed by atoms with Crippen molar-refractivity contribution in [1.82, 2.24) is 9.88 Å². The lowest BCUT2D eigenvalue weighted by Gasteiger charge is -2.30. The van der Waals surface area contributed by atoms with Crippen LogP contribution >= 0.6 is 43.2 Å². The van der Waals surface area contributed by atoms with E-state index < -0.39 is 0 Å². The van der Waals surface area contributed by atoms with Gasteiger partial charge in [0.25, 0.3) is 0 Å². The number of likely N-dealkylation sites (tertiary alicyclic amines) is 1. The summed E-state index contributed by atoms with van der Waals surface area (Å²) >= 11 is 8.51. The third-order valence-corrected chi connectivity index (χ3v) is 7.64. The minimum absolute atomic E-state index is 0.116. The lowest BCUT2D eigenvalue weighted by atomic mass is 9.97. The maximum atomic E-state index is 12.7. The topological polar surface area (TPSA) is 59.5 Å². The molecule has 0 N–H and O–H groups in total.